The van der Waals surface area contributed by atoms with Gasteiger partial charge in [0.05, 0.1) is 6.20 Å². The average molecular weight is 233 g/mol. The highest BCUT2D eigenvalue weighted by Gasteiger charge is 2.14. The third kappa shape index (κ3) is 2.79. The van der Waals surface area contributed by atoms with Gasteiger partial charge in [0.15, 0.2) is 5.65 Å². The van der Waals surface area contributed by atoms with Gasteiger partial charge in [-0.05, 0) is 24.8 Å². The largest absolute Gasteiger partial charge is 0.330 e. The standard InChI is InChI=1S/C12H19N5/c1-9(2)5-10(7-13)6-11-15-16-12-8-14-3-4-17(11)12/h3-4,8-10H,5-7,13H2,1-2H3. The van der Waals surface area contributed by atoms with Gasteiger partial charge >= 0.3 is 0 Å². The molecule has 0 aliphatic carbocycles. The fourth-order valence-electron chi connectivity index (χ4n) is 2.13. The highest BCUT2D eigenvalue weighted by Crippen LogP contribution is 2.15. The summed E-state index contributed by atoms with van der Waals surface area (Å²) in [5.74, 6) is 2.10. The summed E-state index contributed by atoms with van der Waals surface area (Å²) in [5, 5.41) is 8.30. The van der Waals surface area contributed by atoms with Gasteiger partial charge in [0, 0.05) is 18.8 Å². The molecule has 2 heterocycles. The van der Waals surface area contributed by atoms with Crippen molar-refractivity contribution >= 4 is 5.65 Å². The van der Waals surface area contributed by atoms with E-state index in [2.05, 4.69) is 29.0 Å². The summed E-state index contributed by atoms with van der Waals surface area (Å²) in [7, 11) is 0. The van der Waals surface area contributed by atoms with Gasteiger partial charge in [0.2, 0.25) is 0 Å². The van der Waals surface area contributed by atoms with Crippen molar-refractivity contribution in [3.8, 4) is 0 Å². The quantitative estimate of drug-likeness (QED) is 0.844. The van der Waals surface area contributed by atoms with E-state index in [-0.39, 0.29) is 0 Å². The fourth-order valence-corrected chi connectivity index (χ4v) is 2.13. The molecule has 5 nitrogen and oxygen atoms in total. The number of nitrogens with zero attached hydrogens (tertiary/aromatic N) is 4. The van der Waals surface area contributed by atoms with Crippen molar-refractivity contribution in [3.05, 3.63) is 24.4 Å². The third-order valence-electron chi connectivity index (χ3n) is 2.89. The zero-order valence-electron chi connectivity index (χ0n) is 10.4. The zero-order chi connectivity index (χ0) is 12.3. The van der Waals surface area contributed by atoms with Crippen LogP contribution in [0.2, 0.25) is 0 Å². The number of aromatic nitrogens is 4. The van der Waals surface area contributed by atoms with Gasteiger partial charge in [0.1, 0.15) is 5.82 Å². The molecule has 2 aromatic rings. The smallest absolute Gasteiger partial charge is 0.179 e. The van der Waals surface area contributed by atoms with Crippen LogP contribution < -0.4 is 5.73 Å². The topological polar surface area (TPSA) is 69.1 Å². The van der Waals surface area contributed by atoms with Crippen LogP contribution in [0.25, 0.3) is 5.65 Å². The number of nitrogens with two attached hydrogens (primary N) is 1. The first-order valence-electron chi connectivity index (χ1n) is 6.04. The molecular formula is C12H19N5. The van der Waals surface area contributed by atoms with Crippen LogP contribution in [0, 0.1) is 11.8 Å². The molecule has 17 heavy (non-hydrogen) atoms. The monoisotopic (exact) mass is 233 g/mol. The van der Waals surface area contributed by atoms with Crippen molar-refractivity contribution in [2.45, 2.75) is 26.7 Å². The molecule has 0 amide bonds. The van der Waals surface area contributed by atoms with Crippen LogP contribution in [0.15, 0.2) is 18.6 Å². The van der Waals surface area contributed by atoms with Crippen LogP contribution in [0.5, 0.6) is 0 Å². The minimum absolute atomic E-state index is 0.468. The summed E-state index contributed by atoms with van der Waals surface area (Å²) in [4.78, 5) is 4.03. The summed E-state index contributed by atoms with van der Waals surface area (Å²) in [6.45, 7) is 5.13. The van der Waals surface area contributed by atoms with Crippen molar-refractivity contribution < 1.29 is 0 Å². The lowest BCUT2D eigenvalue weighted by Gasteiger charge is -2.15. The Balaban J connectivity index is 2.16. The molecule has 2 rings (SSSR count). The van der Waals surface area contributed by atoms with Gasteiger partial charge in [-0.3, -0.25) is 9.38 Å². The van der Waals surface area contributed by atoms with Crippen LogP contribution in [-0.2, 0) is 6.42 Å². The molecule has 1 unspecified atom stereocenters. The van der Waals surface area contributed by atoms with E-state index >= 15 is 0 Å². The maximum absolute atomic E-state index is 5.81. The molecule has 0 radical (unpaired) electrons. The second-order valence-electron chi connectivity index (χ2n) is 4.86. The SMILES string of the molecule is CC(C)CC(CN)Cc1nnc2cnccn12. The Hall–Kier alpha value is -1.49. The minimum atomic E-state index is 0.468. The lowest BCUT2D eigenvalue weighted by molar-refractivity contribution is 0.407. The highest BCUT2D eigenvalue weighted by atomic mass is 15.2. The Morgan fingerprint density at radius 2 is 2.18 bits per heavy atom. The van der Waals surface area contributed by atoms with Crippen LogP contribution in [0.4, 0.5) is 0 Å². The summed E-state index contributed by atoms with van der Waals surface area (Å²) in [6.07, 6.45) is 7.36. The second kappa shape index (κ2) is 5.23. The zero-order valence-corrected chi connectivity index (χ0v) is 10.4. The van der Waals surface area contributed by atoms with E-state index in [9.17, 15) is 0 Å². The van der Waals surface area contributed by atoms with Crippen LogP contribution in [-0.4, -0.2) is 26.1 Å². The molecule has 1 atom stereocenters. The summed E-state index contributed by atoms with van der Waals surface area (Å²) < 4.78 is 1.98. The number of hydrogen-bond donors (Lipinski definition) is 1. The van der Waals surface area contributed by atoms with Crippen LogP contribution in [0.3, 0.4) is 0 Å². The third-order valence-corrected chi connectivity index (χ3v) is 2.89. The van der Waals surface area contributed by atoms with Gasteiger partial charge in [-0.1, -0.05) is 13.8 Å². The Morgan fingerprint density at radius 3 is 2.88 bits per heavy atom. The van der Waals surface area contributed by atoms with Crippen molar-refractivity contribution in [1.29, 1.82) is 0 Å². The van der Waals surface area contributed by atoms with E-state index in [4.69, 9.17) is 5.73 Å². The summed E-state index contributed by atoms with van der Waals surface area (Å²) >= 11 is 0. The molecule has 0 spiro atoms. The van der Waals surface area contributed by atoms with Gasteiger partial charge in [-0.25, -0.2) is 0 Å². The summed E-state index contributed by atoms with van der Waals surface area (Å²) in [5.41, 5.74) is 6.61. The molecule has 0 aliphatic rings. The molecule has 0 saturated heterocycles. The summed E-state index contributed by atoms with van der Waals surface area (Å²) in [6, 6.07) is 0. The molecule has 0 aliphatic heterocycles. The highest BCUT2D eigenvalue weighted by molar-refractivity contribution is 5.33. The fraction of sp³-hybridized carbons (Fsp3) is 0.583. The number of fused-ring (bicyclic) bond motifs is 1. The van der Waals surface area contributed by atoms with E-state index in [0.29, 0.717) is 18.4 Å². The van der Waals surface area contributed by atoms with Crippen molar-refractivity contribution in [2.75, 3.05) is 6.54 Å². The second-order valence-corrected chi connectivity index (χ2v) is 4.86. The molecule has 0 fully saturated rings. The average Bonchev–Trinajstić information content (AvgIpc) is 2.71. The molecule has 5 heteroatoms. The molecule has 0 bridgehead atoms. The van der Waals surface area contributed by atoms with E-state index in [1.807, 2.05) is 10.6 Å². The van der Waals surface area contributed by atoms with E-state index in [1.54, 1.807) is 12.4 Å². The van der Waals surface area contributed by atoms with E-state index < -0.39 is 0 Å². The molecule has 0 aromatic carbocycles. The first kappa shape index (κ1) is 12.0. The minimum Gasteiger partial charge on any atom is -0.330 e. The predicted octanol–water partition coefficient (Wildman–Crippen LogP) is 1.29. The van der Waals surface area contributed by atoms with Crippen molar-refractivity contribution in [2.24, 2.45) is 17.6 Å². The first-order valence-corrected chi connectivity index (χ1v) is 6.04. The Morgan fingerprint density at radius 1 is 1.35 bits per heavy atom. The Kier molecular flexibility index (Phi) is 3.68. The molecule has 0 saturated carbocycles. The van der Waals surface area contributed by atoms with Gasteiger partial charge in [0.25, 0.3) is 0 Å². The molecule has 2 N–H and O–H groups in total. The first-order chi connectivity index (χ1) is 8.20. The van der Waals surface area contributed by atoms with Crippen LogP contribution in [0.1, 0.15) is 26.1 Å². The van der Waals surface area contributed by atoms with Crippen molar-refractivity contribution in [1.82, 2.24) is 19.6 Å². The van der Waals surface area contributed by atoms with Gasteiger partial charge in [-0.15, -0.1) is 10.2 Å². The maximum atomic E-state index is 5.81. The number of rotatable bonds is 5. The van der Waals surface area contributed by atoms with Gasteiger partial charge < -0.3 is 5.73 Å². The maximum Gasteiger partial charge on any atom is 0.179 e. The molecular weight excluding hydrogens is 214 g/mol. The van der Waals surface area contributed by atoms with Crippen molar-refractivity contribution in [3.63, 3.8) is 0 Å². The van der Waals surface area contributed by atoms with Crippen LogP contribution >= 0.6 is 0 Å². The predicted molar refractivity (Wildman–Crippen MR) is 66.5 cm³/mol. The molecule has 2 aromatic heterocycles. The Labute approximate surface area is 101 Å². The van der Waals surface area contributed by atoms with Gasteiger partial charge in [-0.2, -0.15) is 0 Å². The Bertz CT molecular complexity index is 476. The molecule has 92 valence electrons. The normalized spacial score (nSPS) is 13.4. The lowest BCUT2D eigenvalue weighted by Crippen LogP contribution is -2.20. The number of hydrogen-bond acceptors (Lipinski definition) is 4. The van der Waals surface area contributed by atoms with E-state index in [0.717, 1.165) is 24.3 Å². The van der Waals surface area contributed by atoms with E-state index in [1.165, 1.54) is 0 Å². The lowest BCUT2D eigenvalue weighted by atomic mass is 9.94.